The van der Waals surface area contributed by atoms with Crippen molar-refractivity contribution in [1.29, 1.82) is 0 Å². The van der Waals surface area contributed by atoms with Crippen molar-refractivity contribution in [3.05, 3.63) is 45.0 Å². The second-order valence-electron chi connectivity index (χ2n) is 5.87. The predicted molar refractivity (Wildman–Crippen MR) is 107 cm³/mol. The Morgan fingerprint density at radius 1 is 1.00 bits per heavy atom. The van der Waals surface area contributed by atoms with Gasteiger partial charge in [-0.15, -0.1) is 0 Å². The zero-order chi connectivity index (χ0) is 17.8. The van der Waals surface area contributed by atoms with Gasteiger partial charge in [0.05, 0.1) is 18.7 Å². The lowest BCUT2D eigenvalue weighted by Crippen LogP contribution is -2.46. The number of benzene rings is 1. The van der Waals surface area contributed by atoms with Crippen LogP contribution >= 0.6 is 31.9 Å². The van der Waals surface area contributed by atoms with E-state index in [4.69, 9.17) is 9.47 Å². The number of methoxy groups -OCH3 is 2. The molecule has 0 spiro atoms. The molecular formula is C18H21Br2N3O2. The van der Waals surface area contributed by atoms with Crippen LogP contribution in [-0.2, 0) is 6.54 Å². The van der Waals surface area contributed by atoms with Crippen LogP contribution in [0.1, 0.15) is 5.56 Å². The molecule has 0 unspecified atom stereocenters. The van der Waals surface area contributed by atoms with E-state index < -0.39 is 0 Å². The Balaban J connectivity index is 1.63. The molecule has 1 aliphatic rings. The van der Waals surface area contributed by atoms with Gasteiger partial charge in [-0.25, -0.2) is 4.98 Å². The molecule has 1 fully saturated rings. The molecule has 5 nitrogen and oxygen atoms in total. The lowest BCUT2D eigenvalue weighted by atomic mass is 10.1. The maximum Gasteiger partial charge on any atom is 0.175 e. The molecule has 0 radical (unpaired) electrons. The van der Waals surface area contributed by atoms with Crippen LogP contribution in [0.5, 0.6) is 11.5 Å². The van der Waals surface area contributed by atoms with E-state index in [0.717, 1.165) is 59.0 Å². The first-order valence-corrected chi connectivity index (χ1v) is 9.69. The average Bonchev–Trinajstić information content (AvgIpc) is 2.64. The lowest BCUT2D eigenvalue weighted by molar-refractivity contribution is 0.248. The SMILES string of the molecule is COc1ccc(CN2CCN(c3ccc(Br)cn3)CC2)c(Br)c1OC. The molecule has 0 N–H and O–H groups in total. The third-order valence-corrected chi connectivity index (χ3v) is 5.71. The number of aromatic nitrogens is 1. The van der Waals surface area contributed by atoms with Crippen molar-refractivity contribution in [2.24, 2.45) is 0 Å². The number of piperazine rings is 1. The first-order chi connectivity index (χ1) is 12.1. The molecule has 2 aromatic rings. The van der Waals surface area contributed by atoms with Gasteiger partial charge in [0.1, 0.15) is 5.82 Å². The van der Waals surface area contributed by atoms with Crippen molar-refractivity contribution in [1.82, 2.24) is 9.88 Å². The molecule has 25 heavy (non-hydrogen) atoms. The van der Waals surface area contributed by atoms with Gasteiger partial charge in [-0.05, 0) is 55.6 Å². The minimum absolute atomic E-state index is 0.740. The summed E-state index contributed by atoms with van der Waals surface area (Å²) in [6.45, 7) is 4.82. The molecule has 3 rings (SSSR count). The third-order valence-electron chi connectivity index (χ3n) is 4.37. The van der Waals surface area contributed by atoms with Gasteiger partial charge in [0.15, 0.2) is 11.5 Å². The number of rotatable bonds is 5. The summed E-state index contributed by atoms with van der Waals surface area (Å²) >= 11 is 7.09. The summed E-state index contributed by atoms with van der Waals surface area (Å²) in [6, 6.07) is 8.15. The summed E-state index contributed by atoms with van der Waals surface area (Å²) in [6.07, 6.45) is 1.85. The molecule has 0 atom stereocenters. The molecule has 0 saturated carbocycles. The van der Waals surface area contributed by atoms with Crippen molar-refractivity contribution >= 4 is 37.7 Å². The molecule has 7 heteroatoms. The van der Waals surface area contributed by atoms with Gasteiger partial charge in [0.25, 0.3) is 0 Å². The number of anilines is 1. The standard InChI is InChI=1S/C18H21Br2N3O2/c1-24-15-5-3-13(17(20)18(15)25-2)12-22-7-9-23(10-8-22)16-6-4-14(19)11-21-16/h3-6,11H,7-10,12H2,1-2H3. The van der Waals surface area contributed by atoms with E-state index >= 15 is 0 Å². The van der Waals surface area contributed by atoms with Crippen LogP contribution in [-0.4, -0.2) is 50.3 Å². The predicted octanol–water partition coefficient (Wildman–Crippen LogP) is 3.95. The van der Waals surface area contributed by atoms with E-state index in [1.54, 1.807) is 14.2 Å². The molecule has 1 aromatic carbocycles. The topological polar surface area (TPSA) is 37.8 Å². The molecule has 0 amide bonds. The normalized spacial score (nSPS) is 15.3. The van der Waals surface area contributed by atoms with Gasteiger partial charge in [0.2, 0.25) is 0 Å². The van der Waals surface area contributed by atoms with Crippen molar-refractivity contribution in [2.45, 2.75) is 6.54 Å². The Bertz CT molecular complexity index is 717. The average molecular weight is 471 g/mol. The number of halogens is 2. The summed E-state index contributed by atoms with van der Waals surface area (Å²) in [5, 5.41) is 0. The molecule has 1 aliphatic heterocycles. The molecule has 1 aromatic heterocycles. The van der Waals surface area contributed by atoms with Crippen LogP contribution in [0.3, 0.4) is 0 Å². The minimum atomic E-state index is 0.740. The monoisotopic (exact) mass is 469 g/mol. The molecule has 2 heterocycles. The van der Waals surface area contributed by atoms with Crippen molar-refractivity contribution in [2.75, 3.05) is 45.3 Å². The van der Waals surface area contributed by atoms with Crippen LogP contribution in [0, 0.1) is 0 Å². The van der Waals surface area contributed by atoms with Gasteiger partial charge in [-0.2, -0.15) is 0 Å². The van der Waals surface area contributed by atoms with Crippen molar-refractivity contribution in [3.63, 3.8) is 0 Å². The highest BCUT2D eigenvalue weighted by Crippen LogP contribution is 2.38. The van der Waals surface area contributed by atoms with E-state index in [0.29, 0.717) is 0 Å². The Morgan fingerprint density at radius 2 is 1.76 bits per heavy atom. The summed E-state index contributed by atoms with van der Waals surface area (Å²) in [5.74, 6) is 2.53. The Labute approximate surface area is 165 Å². The minimum Gasteiger partial charge on any atom is -0.493 e. The summed E-state index contributed by atoms with van der Waals surface area (Å²) < 4.78 is 12.8. The Morgan fingerprint density at radius 3 is 2.36 bits per heavy atom. The zero-order valence-electron chi connectivity index (χ0n) is 14.3. The van der Waals surface area contributed by atoms with Crippen LogP contribution in [0.15, 0.2) is 39.4 Å². The van der Waals surface area contributed by atoms with E-state index in [-0.39, 0.29) is 0 Å². The third kappa shape index (κ3) is 4.27. The van der Waals surface area contributed by atoms with Gasteiger partial charge in [0, 0.05) is 43.4 Å². The van der Waals surface area contributed by atoms with E-state index in [1.807, 2.05) is 18.3 Å². The van der Waals surface area contributed by atoms with Gasteiger partial charge in [-0.3, -0.25) is 4.90 Å². The quantitative estimate of drug-likeness (QED) is 0.661. The number of ether oxygens (including phenoxy) is 2. The number of hydrogen-bond acceptors (Lipinski definition) is 5. The van der Waals surface area contributed by atoms with Crippen LogP contribution < -0.4 is 14.4 Å². The fraction of sp³-hybridized carbons (Fsp3) is 0.389. The smallest absolute Gasteiger partial charge is 0.175 e. The second-order valence-corrected chi connectivity index (χ2v) is 7.58. The fourth-order valence-corrected chi connectivity index (χ4v) is 3.83. The summed E-state index contributed by atoms with van der Waals surface area (Å²) in [5.41, 5.74) is 1.20. The lowest BCUT2D eigenvalue weighted by Gasteiger charge is -2.35. The summed E-state index contributed by atoms with van der Waals surface area (Å²) in [4.78, 5) is 9.26. The fourth-order valence-electron chi connectivity index (χ4n) is 2.98. The number of pyridine rings is 1. The second kappa shape index (κ2) is 8.38. The van der Waals surface area contributed by atoms with Gasteiger partial charge >= 0.3 is 0 Å². The molecule has 1 saturated heterocycles. The Kier molecular flexibility index (Phi) is 6.19. The van der Waals surface area contributed by atoms with Gasteiger partial charge in [-0.1, -0.05) is 6.07 Å². The molecule has 0 aliphatic carbocycles. The number of nitrogens with zero attached hydrogens (tertiary/aromatic N) is 3. The number of hydrogen-bond donors (Lipinski definition) is 0. The van der Waals surface area contributed by atoms with Crippen molar-refractivity contribution in [3.8, 4) is 11.5 Å². The van der Waals surface area contributed by atoms with Crippen LogP contribution in [0.25, 0.3) is 0 Å². The first-order valence-electron chi connectivity index (χ1n) is 8.10. The molecule has 134 valence electrons. The van der Waals surface area contributed by atoms with Gasteiger partial charge < -0.3 is 14.4 Å². The van der Waals surface area contributed by atoms with E-state index in [9.17, 15) is 0 Å². The first kappa shape index (κ1) is 18.5. The highest BCUT2D eigenvalue weighted by Gasteiger charge is 2.20. The zero-order valence-corrected chi connectivity index (χ0v) is 17.5. The molecular weight excluding hydrogens is 450 g/mol. The van der Waals surface area contributed by atoms with Crippen molar-refractivity contribution < 1.29 is 9.47 Å². The maximum absolute atomic E-state index is 5.47. The highest BCUT2D eigenvalue weighted by molar-refractivity contribution is 9.10. The summed E-state index contributed by atoms with van der Waals surface area (Å²) in [7, 11) is 3.32. The largest absolute Gasteiger partial charge is 0.493 e. The van der Waals surface area contributed by atoms with E-state index in [2.05, 4.69) is 58.8 Å². The van der Waals surface area contributed by atoms with Crippen LogP contribution in [0.2, 0.25) is 0 Å². The maximum atomic E-state index is 5.47. The van der Waals surface area contributed by atoms with E-state index in [1.165, 1.54) is 5.56 Å². The molecule has 0 bridgehead atoms. The Hall–Kier alpha value is -1.31. The highest BCUT2D eigenvalue weighted by atomic mass is 79.9. The van der Waals surface area contributed by atoms with Crippen LogP contribution in [0.4, 0.5) is 5.82 Å².